The molecule has 1 fully saturated rings. The Kier molecular flexibility index (Phi) is 4.28. The zero-order valence-electron chi connectivity index (χ0n) is 9.71. The van der Waals surface area contributed by atoms with Crippen molar-refractivity contribution in [3.63, 3.8) is 0 Å². The van der Waals surface area contributed by atoms with Crippen molar-refractivity contribution >= 4 is 27.2 Å². The fourth-order valence-electron chi connectivity index (χ4n) is 1.71. The minimum Gasteiger partial charge on any atom is -0.392 e. The van der Waals surface area contributed by atoms with Crippen LogP contribution in [0, 0.1) is 0 Å². The van der Waals surface area contributed by atoms with Crippen molar-refractivity contribution in [1.29, 1.82) is 0 Å². The molecule has 0 amide bonds. The lowest BCUT2D eigenvalue weighted by molar-refractivity contribution is -0.0441. The molecule has 7 heteroatoms. The van der Waals surface area contributed by atoms with E-state index in [1.54, 1.807) is 0 Å². The van der Waals surface area contributed by atoms with Crippen molar-refractivity contribution in [3.05, 3.63) is 0 Å². The second-order valence-electron chi connectivity index (χ2n) is 4.16. The van der Waals surface area contributed by atoms with Crippen LogP contribution in [0.3, 0.4) is 0 Å². The number of hydrogen-bond acceptors (Lipinski definition) is 4. The Morgan fingerprint density at radius 3 is 2.25 bits per heavy atom. The van der Waals surface area contributed by atoms with Crippen LogP contribution >= 0.6 is 12.2 Å². The Bertz CT molecular complexity index is 359. The van der Waals surface area contributed by atoms with Crippen LogP contribution in [-0.4, -0.2) is 48.3 Å². The smallest absolute Gasteiger partial charge is 0.223 e. The summed E-state index contributed by atoms with van der Waals surface area (Å²) in [5.41, 5.74) is 5.39. The minimum atomic E-state index is -3.44. The Balaban J connectivity index is 2.87. The molecule has 1 heterocycles. The lowest BCUT2D eigenvalue weighted by Crippen LogP contribution is -2.52. The molecule has 0 spiro atoms. The number of rotatable bonds is 3. The summed E-state index contributed by atoms with van der Waals surface area (Å²) < 4.78 is 31.1. The first-order valence-electron chi connectivity index (χ1n) is 5.19. The third-order valence-electron chi connectivity index (χ3n) is 2.59. The van der Waals surface area contributed by atoms with Gasteiger partial charge in [-0.15, -0.1) is 0 Å². The highest BCUT2D eigenvalue weighted by Crippen LogP contribution is 2.17. The van der Waals surface area contributed by atoms with Gasteiger partial charge in [0.15, 0.2) is 0 Å². The molecule has 2 N–H and O–H groups in total. The van der Waals surface area contributed by atoms with E-state index in [1.807, 2.05) is 13.8 Å². The summed E-state index contributed by atoms with van der Waals surface area (Å²) in [5.74, 6) is 0. The molecule has 0 aliphatic carbocycles. The van der Waals surface area contributed by atoms with Gasteiger partial charge in [0.2, 0.25) is 10.0 Å². The Hall–Kier alpha value is -0.240. The van der Waals surface area contributed by atoms with Gasteiger partial charge in [-0.05, 0) is 20.8 Å². The van der Waals surface area contributed by atoms with Gasteiger partial charge in [-0.1, -0.05) is 12.2 Å². The van der Waals surface area contributed by atoms with E-state index in [1.165, 1.54) is 11.2 Å². The van der Waals surface area contributed by atoms with Crippen LogP contribution in [0.4, 0.5) is 0 Å². The van der Waals surface area contributed by atoms with Gasteiger partial charge in [-0.3, -0.25) is 0 Å². The maximum absolute atomic E-state index is 12.1. The zero-order chi connectivity index (χ0) is 12.5. The van der Waals surface area contributed by atoms with Crippen molar-refractivity contribution in [2.24, 2.45) is 5.73 Å². The second kappa shape index (κ2) is 4.95. The van der Waals surface area contributed by atoms with E-state index in [-0.39, 0.29) is 17.2 Å². The molecule has 0 aromatic heterocycles. The van der Waals surface area contributed by atoms with E-state index in [4.69, 9.17) is 22.7 Å². The van der Waals surface area contributed by atoms with E-state index >= 15 is 0 Å². The molecule has 0 bridgehead atoms. The summed E-state index contributed by atoms with van der Waals surface area (Å²) >= 11 is 4.74. The summed E-state index contributed by atoms with van der Waals surface area (Å²) in [6.07, 6.45) is -0.200. The number of nitrogens with zero attached hydrogens (tertiary/aromatic N) is 1. The average Bonchev–Trinajstić information content (AvgIpc) is 2.14. The summed E-state index contributed by atoms with van der Waals surface area (Å²) in [7, 11) is -3.44. The fourth-order valence-corrected chi connectivity index (χ4v) is 3.65. The third kappa shape index (κ3) is 2.91. The van der Waals surface area contributed by atoms with Gasteiger partial charge in [0.05, 0.1) is 17.2 Å². The largest absolute Gasteiger partial charge is 0.392 e. The van der Waals surface area contributed by atoms with Crippen LogP contribution in [0.25, 0.3) is 0 Å². The first-order valence-corrected chi connectivity index (χ1v) is 7.10. The normalized spacial score (nSPS) is 29.9. The highest BCUT2D eigenvalue weighted by molar-refractivity contribution is 7.92. The van der Waals surface area contributed by atoms with Crippen molar-refractivity contribution in [1.82, 2.24) is 4.31 Å². The van der Waals surface area contributed by atoms with Crippen molar-refractivity contribution in [3.8, 4) is 0 Å². The number of nitrogens with two attached hydrogens (primary N) is 1. The number of ether oxygens (including phenoxy) is 1. The molecule has 3 atom stereocenters. The molecule has 0 aromatic rings. The summed E-state index contributed by atoms with van der Waals surface area (Å²) in [6.45, 7) is 5.94. The van der Waals surface area contributed by atoms with E-state index in [2.05, 4.69) is 0 Å². The predicted octanol–water partition coefficient (Wildman–Crippen LogP) is 0.100. The van der Waals surface area contributed by atoms with Gasteiger partial charge in [-0.25, -0.2) is 8.42 Å². The van der Waals surface area contributed by atoms with Gasteiger partial charge in [-0.2, -0.15) is 4.31 Å². The molecule has 1 rings (SSSR count). The van der Waals surface area contributed by atoms with Gasteiger partial charge >= 0.3 is 0 Å². The minimum absolute atomic E-state index is 0.00629. The molecule has 0 aromatic carbocycles. The highest BCUT2D eigenvalue weighted by atomic mass is 32.2. The van der Waals surface area contributed by atoms with E-state index in [0.29, 0.717) is 13.1 Å². The first-order chi connectivity index (χ1) is 7.25. The van der Waals surface area contributed by atoms with Crippen LogP contribution in [0.15, 0.2) is 0 Å². The lowest BCUT2D eigenvalue weighted by Gasteiger charge is -2.35. The molecule has 94 valence electrons. The van der Waals surface area contributed by atoms with Gasteiger partial charge < -0.3 is 10.5 Å². The van der Waals surface area contributed by atoms with E-state index in [9.17, 15) is 8.42 Å². The molecule has 0 radical (unpaired) electrons. The molecule has 16 heavy (non-hydrogen) atoms. The van der Waals surface area contributed by atoms with Crippen LogP contribution in [0.5, 0.6) is 0 Å². The molecule has 0 saturated carbocycles. The molecular formula is C9H18N2O3S2. The van der Waals surface area contributed by atoms with Crippen LogP contribution in [0.1, 0.15) is 20.8 Å². The second-order valence-corrected chi connectivity index (χ2v) is 6.89. The standard InChI is InChI=1S/C9H18N2O3S2/c1-6-4-11(5-7(2)14-6)16(12,13)8(3)9(10)15/h6-8H,4-5H2,1-3H3,(H2,10,15). The van der Waals surface area contributed by atoms with Crippen molar-refractivity contribution in [2.45, 2.75) is 38.2 Å². The molecule has 3 unspecified atom stereocenters. The summed E-state index contributed by atoms with van der Waals surface area (Å²) in [6, 6.07) is 0. The van der Waals surface area contributed by atoms with Gasteiger partial charge in [0, 0.05) is 13.1 Å². The number of thiocarbonyl (C=S) groups is 1. The maximum atomic E-state index is 12.1. The monoisotopic (exact) mass is 266 g/mol. The maximum Gasteiger partial charge on any atom is 0.223 e. The SMILES string of the molecule is CC1CN(S(=O)(=O)C(C)C(N)=S)CC(C)O1. The molecule has 1 saturated heterocycles. The summed E-state index contributed by atoms with van der Waals surface area (Å²) in [5, 5.41) is -0.819. The first kappa shape index (κ1) is 13.8. The summed E-state index contributed by atoms with van der Waals surface area (Å²) in [4.78, 5) is 0.00629. The average molecular weight is 266 g/mol. The van der Waals surface area contributed by atoms with Crippen LogP contribution in [-0.2, 0) is 14.8 Å². The van der Waals surface area contributed by atoms with E-state index < -0.39 is 15.3 Å². The quantitative estimate of drug-likeness (QED) is 0.734. The third-order valence-corrected chi connectivity index (χ3v) is 5.26. The van der Waals surface area contributed by atoms with Crippen LogP contribution in [0.2, 0.25) is 0 Å². The van der Waals surface area contributed by atoms with E-state index in [0.717, 1.165) is 0 Å². The Labute approximate surface area is 102 Å². The van der Waals surface area contributed by atoms with Crippen molar-refractivity contribution in [2.75, 3.05) is 13.1 Å². The molecule has 5 nitrogen and oxygen atoms in total. The van der Waals surface area contributed by atoms with Crippen molar-refractivity contribution < 1.29 is 13.2 Å². The topological polar surface area (TPSA) is 72.6 Å². The Morgan fingerprint density at radius 2 is 1.88 bits per heavy atom. The van der Waals surface area contributed by atoms with Gasteiger partial charge in [0.25, 0.3) is 0 Å². The lowest BCUT2D eigenvalue weighted by atomic mass is 10.3. The zero-order valence-corrected chi connectivity index (χ0v) is 11.3. The van der Waals surface area contributed by atoms with Crippen LogP contribution < -0.4 is 5.73 Å². The van der Waals surface area contributed by atoms with Gasteiger partial charge in [0.1, 0.15) is 5.25 Å². The molecule has 1 aliphatic heterocycles. The predicted molar refractivity (Wildman–Crippen MR) is 66.7 cm³/mol. The molecule has 1 aliphatic rings. The highest BCUT2D eigenvalue weighted by Gasteiger charge is 2.35. The number of hydrogen-bond donors (Lipinski definition) is 1. The number of sulfonamides is 1. The number of morpholine rings is 1. The Morgan fingerprint density at radius 1 is 1.44 bits per heavy atom. The fraction of sp³-hybridized carbons (Fsp3) is 0.889. The molecular weight excluding hydrogens is 248 g/mol.